The number of anilines is 1. The molecular formula is C11H16N2O. The van der Waals surface area contributed by atoms with E-state index in [0.29, 0.717) is 6.61 Å². The van der Waals surface area contributed by atoms with Crippen LogP contribution >= 0.6 is 0 Å². The fourth-order valence-electron chi connectivity index (χ4n) is 1.33. The topological polar surface area (TPSA) is 34.1 Å². The quantitative estimate of drug-likeness (QED) is 0.775. The van der Waals surface area contributed by atoms with Gasteiger partial charge >= 0.3 is 0 Å². The highest BCUT2D eigenvalue weighted by atomic mass is 16.5. The third-order valence-corrected chi connectivity index (χ3v) is 2.40. The lowest BCUT2D eigenvalue weighted by atomic mass is 10.3. The van der Waals surface area contributed by atoms with Crippen LogP contribution in [0.15, 0.2) is 18.3 Å². The standard InChI is InChI=1S/C11H16N2O/c1-12-11-6-10(4-5-13-11)8-14-7-9-2-3-9/h4-6,9H,2-3,7-8H2,1H3,(H,12,13). The van der Waals surface area contributed by atoms with E-state index in [2.05, 4.69) is 10.3 Å². The summed E-state index contributed by atoms with van der Waals surface area (Å²) in [5, 5.41) is 3.01. The van der Waals surface area contributed by atoms with Crippen molar-refractivity contribution in [1.29, 1.82) is 0 Å². The van der Waals surface area contributed by atoms with Crippen LogP contribution in [0.4, 0.5) is 5.82 Å². The number of ether oxygens (including phenoxy) is 1. The molecule has 1 aromatic heterocycles. The molecule has 2 rings (SSSR count). The van der Waals surface area contributed by atoms with Crippen LogP contribution in [-0.2, 0) is 11.3 Å². The van der Waals surface area contributed by atoms with Crippen LogP contribution in [0.1, 0.15) is 18.4 Å². The third-order valence-electron chi connectivity index (χ3n) is 2.40. The molecule has 1 saturated carbocycles. The SMILES string of the molecule is CNc1cc(COCC2CC2)ccn1. The first-order chi connectivity index (χ1) is 6.88. The molecule has 1 N–H and O–H groups in total. The van der Waals surface area contributed by atoms with Gasteiger partial charge in [0.15, 0.2) is 0 Å². The van der Waals surface area contributed by atoms with E-state index in [0.717, 1.165) is 18.3 Å². The van der Waals surface area contributed by atoms with Gasteiger partial charge in [0.1, 0.15) is 5.82 Å². The van der Waals surface area contributed by atoms with Gasteiger partial charge in [0.05, 0.1) is 6.61 Å². The van der Waals surface area contributed by atoms with Crippen LogP contribution in [0.25, 0.3) is 0 Å². The van der Waals surface area contributed by atoms with E-state index >= 15 is 0 Å². The van der Waals surface area contributed by atoms with Gasteiger partial charge in [0.25, 0.3) is 0 Å². The minimum atomic E-state index is 0.702. The summed E-state index contributed by atoms with van der Waals surface area (Å²) < 4.78 is 5.59. The summed E-state index contributed by atoms with van der Waals surface area (Å²) in [6, 6.07) is 4.01. The molecule has 0 bridgehead atoms. The lowest BCUT2D eigenvalue weighted by molar-refractivity contribution is 0.111. The van der Waals surface area contributed by atoms with E-state index in [9.17, 15) is 0 Å². The minimum Gasteiger partial charge on any atom is -0.376 e. The van der Waals surface area contributed by atoms with Gasteiger partial charge < -0.3 is 10.1 Å². The molecule has 0 radical (unpaired) electrons. The number of hydrogen-bond acceptors (Lipinski definition) is 3. The van der Waals surface area contributed by atoms with Gasteiger partial charge in [-0.25, -0.2) is 4.98 Å². The Morgan fingerprint density at radius 2 is 2.43 bits per heavy atom. The average Bonchev–Trinajstić information content (AvgIpc) is 3.02. The summed E-state index contributed by atoms with van der Waals surface area (Å²) >= 11 is 0. The smallest absolute Gasteiger partial charge is 0.125 e. The molecule has 3 heteroatoms. The highest BCUT2D eigenvalue weighted by molar-refractivity contribution is 5.36. The van der Waals surface area contributed by atoms with Gasteiger partial charge in [-0.2, -0.15) is 0 Å². The average molecular weight is 192 g/mol. The Bertz CT molecular complexity index is 297. The molecule has 1 aliphatic rings. The Balaban J connectivity index is 1.81. The van der Waals surface area contributed by atoms with E-state index in [-0.39, 0.29) is 0 Å². The largest absolute Gasteiger partial charge is 0.376 e. The molecule has 0 saturated heterocycles. The first kappa shape index (κ1) is 9.46. The van der Waals surface area contributed by atoms with Crippen molar-refractivity contribution in [2.45, 2.75) is 19.4 Å². The van der Waals surface area contributed by atoms with Crippen molar-refractivity contribution in [1.82, 2.24) is 4.98 Å². The van der Waals surface area contributed by atoms with Gasteiger partial charge in [-0.3, -0.25) is 0 Å². The number of nitrogens with one attached hydrogen (secondary N) is 1. The van der Waals surface area contributed by atoms with Crippen molar-refractivity contribution >= 4 is 5.82 Å². The van der Waals surface area contributed by atoms with Crippen LogP contribution in [0.5, 0.6) is 0 Å². The highest BCUT2D eigenvalue weighted by Crippen LogP contribution is 2.29. The van der Waals surface area contributed by atoms with E-state index in [4.69, 9.17) is 4.74 Å². The van der Waals surface area contributed by atoms with Crippen molar-refractivity contribution in [2.75, 3.05) is 19.0 Å². The maximum Gasteiger partial charge on any atom is 0.125 e. The summed E-state index contributed by atoms with van der Waals surface area (Å²) in [7, 11) is 1.87. The first-order valence-corrected chi connectivity index (χ1v) is 5.09. The molecule has 0 aliphatic heterocycles. The van der Waals surface area contributed by atoms with E-state index in [1.165, 1.54) is 18.4 Å². The van der Waals surface area contributed by atoms with Crippen LogP contribution in [0.2, 0.25) is 0 Å². The van der Waals surface area contributed by atoms with Gasteiger partial charge in [0, 0.05) is 19.9 Å². The fourth-order valence-corrected chi connectivity index (χ4v) is 1.33. The Labute approximate surface area is 84.5 Å². The monoisotopic (exact) mass is 192 g/mol. The van der Waals surface area contributed by atoms with E-state index < -0.39 is 0 Å². The Morgan fingerprint density at radius 3 is 3.14 bits per heavy atom. The number of pyridine rings is 1. The number of rotatable bonds is 5. The second kappa shape index (κ2) is 4.42. The minimum absolute atomic E-state index is 0.702. The van der Waals surface area contributed by atoms with Gasteiger partial charge in [-0.1, -0.05) is 0 Å². The van der Waals surface area contributed by atoms with Gasteiger partial charge in [-0.05, 0) is 36.5 Å². The molecule has 3 nitrogen and oxygen atoms in total. The molecule has 1 heterocycles. The number of nitrogens with zero attached hydrogens (tertiary/aromatic N) is 1. The van der Waals surface area contributed by atoms with Gasteiger partial charge in [0.2, 0.25) is 0 Å². The van der Waals surface area contributed by atoms with Crippen LogP contribution in [-0.4, -0.2) is 18.6 Å². The zero-order valence-corrected chi connectivity index (χ0v) is 8.49. The maximum absolute atomic E-state index is 5.59. The Morgan fingerprint density at radius 1 is 1.57 bits per heavy atom. The summed E-state index contributed by atoms with van der Waals surface area (Å²) in [6.07, 6.45) is 4.50. The van der Waals surface area contributed by atoms with Crippen LogP contribution in [0.3, 0.4) is 0 Å². The third kappa shape index (κ3) is 2.70. The number of aromatic nitrogens is 1. The normalized spacial score (nSPS) is 15.5. The number of hydrogen-bond donors (Lipinski definition) is 1. The summed E-state index contributed by atoms with van der Waals surface area (Å²) in [5.41, 5.74) is 1.19. The molecule has 14 heavy (non-hydrogen) atoms. The molecule has 76 valence electrons. The highest BCUT2D eigenvalue weighted by Gasteiger charge is 2.20. The molecule has 1 aliphatic carbocycles. The zero-order valence-electron chi connectivity index (χ0n) is 8.49. The molecule has 1 fully saturated rings. The summed E-state index contributed by atoms with van der Waals surface area (Å²) in [4.78, 5) is 4.15. The maximum atomic E-state index is 5.59. The van der Waals surface area contributed by atoms with Crippen molar-refractivity contribution in [3.8, 4) is 0 Å². The van der Waals surface area contributed by atoms with E-state index in [1.807, 2.05) is 25.4 Å². The summed E-state index contributed by atoms with van der Waals surface area (Å²) in [5.74, 6) is 1.73. The molecule has 0 aromatic carbocycles. The predicted octanol–water partition coefficient (Wildman–Crippen LogP) is 2.05. The first-order valence-electron chi connectivity index (χ1n) is 5.09. The zero-order chi connectivity index (χ0) is 9.80. The Kier molecular flexibility index (Phi) is 2.99. The van der Waals surface area contributed by atoms with Crippen molar-refractivity contribution < 1.29 is 4.74 Å². The van der Waals surface area contributed by atoms with Crippen molar-refractivity contribution in [3.63, 3.8) is 0 Å². The lowest BCUT2D eigenvalue weighted by Gasteiger charge is -2.04. The van der Waals surface area contributed by atoms with Crippen LogP contribution in [0, 0.1) is 5.92 Å². The molecule has 0 unspecified atom stereocenters. The molecular weight excluding hydrogens is 176 g/mol. The van der Waals surface area contributed by atoms with Crippen molar-refractivity contribution in [3.05, 3.63) is 23.9 Å². The second-order valence-corrected chi connectivity index (χ2v) is 3.76. The molecule has 0 spiro atoms. The molecule has 0 amide bonds. The predicted molar refractivity (Wildman–Crippen MR) is 56.2 cm³/mol. The Hall–Kier alpha value is -1.09. The van der Waals surface area contributed by atoms with E-state index in [1.54, 1.807) is 0 Å². The van der Waals surface area contributed by atoms with Crippen molar-refractivity contribution in [2.24, 2.45) is 5.92 Å². The molecule has 1 aromatic rings. The fraction of sp³-hybridized carbons (Fsp3) is 0.545. The van der Waals surface area contributed by atoms with Crippen LogP contribution < -0.4 is 5.32 Å². The lowest BCUT2D eigenvalue weighted by Crippen LogP contribution is -1.98. The summed E-state index contributed by atoms with van der Waals surface area (Å²) in [6.45, 7) is 1.62. The second-order valence-electron chi connectivity index (χ2n) is 3.76. The molecule has 0 atom stereocenters. The van der Waals surface area contributed by atoms with Gasteiger partial charge in [-0.15, -0.1) is 0 Å².